The number of methoxy groups -OCH3 is 1. The van der Waals surface area contributed by atoms with Crippen molar-refractivity contribution in [3.63, 3.8) is 0 Å². The van der Waals surface area contributed by atoms with Crippen LogP contribution in [0.4, 0.5) is 0 Å². The average Bonchev–Trinajstić information content (AvgIpc) is 2.54. The van der Waals surface area contributed by atoms with Gasteiger partial charge in [0.2, 0.25) is 0 Å². The van der Waals surface area contributed by atoms with Crippen molar-refractivity contribution in [3.8, 4) is 17.2 Å². The standard InChI is InChI=1S/C17H16Cl2O4/c1-21-13-5-7-14(8-6-13)23-17(20)3-2-10-22-16-9-4-12(18)11-15(16)19/h4-9,11H,2-3,10H2,1H3. The number of halogens is 2. The van der Waals surface area contributed by atoms with Crippen molar-refractivity contribution in [1.29, 1.82) is 0 Å². The highest BCUT2D eigenvalue weighted by atomic mass is 35.5. The molecule has 23 heavy (non-hydrogen) atoms. The summed E-state index contributed by atoms with van der Waals surface area (Å²) in [6.45, 7) is 0.360. The molecule has 0 saturated carbocycles. The molecule has 0 bridgehead atoms. The van der Waals surface area contributed by atoms with Gasteiger partial charge in [-0.25, -0.2) is 0 Å². The molecule has 4 nitrogen and oxygen atoms in total. The highest BCUT2D eigenvalue weighted by Crippen LogP contribution is 2.27. The van der Waals surface area contributed by atoms with Crippen LogP contribution in [0.25, 0.3) is 0 Å². The van der Waals surface area contributed by atoms with Crippen LogP contribution in [-0.4, -0.2) is 19.7 Å². The number of carbonyl (C=O) groups is 1. The van der Waals surface area contributed by atoms with Crippen molar-refractivity contribution in [2.75, 3.05) is 13.7 Å². The summed E-state index contributed by atoms with van der Waals surface area (Å²) >= 11 is 11.8. The summed E-state index contributed by atoms with van der Waals surface area (Å²) in [4.78, 5) is 11.7. The Bertz CT molecular complexity index is 656. The fraction of sp³-hybridized carbons (Fsp3) is 0.235. The second-order valence-electron chi connectivity index (χ2n) is 4.68. The molecule has 2 rings (SSSR count). The van der Waals surface area contributed by atoms with Gasteiger partial charge in [0.1, 0.15) is 17.2 Å². The van der Waals surface area contributed by atoms with Crippen LogP contribution < -0.4 is 14.2 Å². The molecule has 0 aliphatic carbocycles. The molecule has 0 unspecified atom stereocenters. The number of benzene rings is 2. The Morgan fingerprint density at radius 1 is 1.04 bits per heavy atom. The van der Waals surface area contributed by atoms with E-state index in [0.717, 1.165) is 0 Å². The molecular weight excluding hydrogens is 339 g/mol. The minimum absolute atomic E-state index is 0.247. The lowest BCUT2D eigenvalue weighted by Gasteiger charge is -2.08. The molecule has 2 aromatic rings. The number of hydrogen-bond acceptors (Lipinski definition) is 4. The van der Waals surface area contributed by atoms with Gasteiger partial charge in [0.25, 0.3) is 0 Å². The van der Waals surface area contributed by atoms with Crippen molar-refractivity contribution in [1.82, 2.24) is 0 Å². The van der Waals surface area contributed by atoms with E-state index in [1.807, 2.05) is 0 Å². The largest absolute Gasteiger partial charge is 0.497 e. The first kappa shape index (κ1) is 17.4. The van der Waals surface area contributed by atoms with Gasteiger partial charge in [-0.3, -0.25) is 4.79 Å². The van der Waals surface area contributed by atoms with Gasteiger partial charge in [-0.1, -0.05) is 23.2 Å². The maximum Gasteiger partial charge on any atom is 0.311 e. The number of hydrogen-bond donors (Lipinski definition) is 0. The zero-order valence-electron chi connectivity index (χ0n) is 12.6. The Morgan fingerprint density at radius 2 is 1.74 bits per heavy atom. The summed E-state index contributed by atoms with van der Waals surface area (Å²) in [5.41, 5.74) is 0. The Hall–Kier alpha value is -1.91. The molecule has 0 spiro atoms. The van der Waals surface area contributed by atoms with Crippen molar-refractivity contribution < 1.29 is 19.0 Å². The molecule has 6 heteroatoms. The van der Waals surface area contributed by atoms with Gasteiger partial charge in [0.15, 0.2) is 0 Å². The Balaban J connectivity index is 1.72. The maximum absolute atomic E-state index is 11.7. The Kier molecular flexibility index (Phi) is 6.56. The molecule has 0 aliphatic rings. The SMILES string of the molecule is COc1ccc(OC(=O)CCCOc2ccc(Cl)cc2Cl)cc1. The van der Waals surface area contributed by atoms with Gasteiger partial charge in [0, 0.05) is 11.4 Å². The smallest absolute Gasteiger partial charge is 0.311 e. The van der Waals surface area contributed by atoms with Crippen molar-refractivity contribution >= 4 is 29.2 Å². The molecule has 0 amide bonds. The lowest BCUT2D eigenvalue weighted by molar-refractivity contribution is -0.134. The van der Waals surface area contributed by atoms with Gasteiger partial charge >= 0.3 is 5.97 Å². The third-order valence-corrected chi connectivity index (χ3v) is 3.50. The topological polar surface area (TPSA) is 44.8 Å². The van der Waals surface area contributed by atoms with Crippen LogP contribution in [0.15, 0.2) is 42.5 Å². The Labute approximate surface area is 144 Å². The fourth-order valence-electron chi connectivity index (χ4n) is 1.82. The average molecular weight is 355 g/mol. The second kappa shape index (κ2) is 8.65. The molecule has 122 valence electrons. The van der Waals surface area contributed by atoms with E-state index < -0.39 is 0 Å². The lowest BCUT2D eigenvalue weighted by atomic mass is 10.3. The zero-order chi connectivity index (χ0) is 16.7. The summed E-state index contributed by atoms with van der Waals surface area (Å²) in [5, 5.41) is 0.990. The number of ether oxygens (including phenoxy) is 3. The molecule has 0 saturated heterocycles. The monoisotopic (exact) mass is 354 g/mol. The zero-order valence-corrected chi connectivity index (χ0v) is 14.1. The van der Waals surface area contributed by atoms with Crippen LogP contribution in [-0.2, 0) is 4.79 Å². The molecule has 0 fully saturated rings. The molecule has 0 N–H and O–H groups in total. The van der Waals surface area contributed by atoms with Crippen molar-refractivity contribution in [2.24, 2.45) is 0 Å². The summed E-state index contributed by atoms with van der Waals surface area (Å²) in [5.74, 6) is 1.41. The number of carbonyl (C=O) groups excluding carboxylic acids is 1. The molecule has 0 aromatic heterocycles. The number of esters is 1. The summed E-state index contributed by atoms with van der Waals surface area (Å²) in [6.07, 6.45) is 0.769. The van der Waals surface area contributed by atoms with E-state index in [1.165, 1.54) is 0 Å². The van der Waals surface area contributed by atoms with E-state index in [-0.39, 0.29) is 12.4 Å². The molecule has 0 radical (unpaired) electrons. The van der Waals surface area contributed by atoms with Crippen LogP contribution in [0, 0.1) is 0 Å². The number of rotatable bonds is 7. The first-order chi connectivity index (χ1) is 11.1. The summed E-state index contributed by atoms with van der Waals surface area (Å²) in [7, 11) is 1.58. The van der Waals surface area contributed by atoms with Gasteiger partial charge in [-0.05, 0) is 48.9 Å². The van der Waals surface area contributed by atoms with Crippen molar-refractivity contribution in [2.45, 2.75) is 12.8 Å². The van der Waals surface area contributed by atoms with Crippen LogP contribution in [0.5, 0.6) is 17.2 Å². The third kappa shape index (κ3) is 5.66. The normalized spacial score (nSPS) is 10.2. The first-order valence-corrected chi connectivity index (χ1v) is 7.76. The predicted molar refractivity (Wildman–Crippen MR) is 89.8 cm³/mol. The third-order valence-electron chi connectivity index (χ3n) is 2.97. The maximum atomic E-state index is 11.7. The van der Waals surface area contributed by atoms with Crippen LogP contribution >= 0.6 is 23.2 Å². The van der Waals surface area contributed by atoms with Gasteiger partial charge in [0.05, 0.1) is 18.7 Å². The molecule has 0 aliphatic heterocycles. The van der Waals surface area contributed by atoms with Crippen LogP contribution in [0.1, 0.15) is 12.8 Å². The fourth-order valence-corrected chi connectivity index (χ4v) is 2.28. The van der Waals surface area contributed by atoms with Crippen molar-refractivity contribution in [3.05, 3.63) is 52.5 Å². The minimum Gasteiger partial charge on any atom is -0.497 e. The van der Waals surface area contributed by atoms with E-state index in [2.05, 4.69) is 0 Å². The predicted octanol–water partition coefficient (Wildman–Crippen LogP) is 4.77. The summed E-state index contributed by atoms with van der Waals surface area (Å²) < 4.78 is 15.8. The molecule has 0 heterocycles. The minimum atomic E-state index is -0.319. The highest BCUT2D eigenvalue weighted by Gasteiger charge is 2.07. The van der Waals surface area contributed by atoms with Crippen LogP contribution in [0.2, 0.25) is 10.0 Å². The lowest BCUT2D eigenvalue weighted by Crippen LogP contribution is -2.10. The van der Waals surface area contributed by atoms with E-state index in [1.54, 1.807) is 49.6 Å². The van der Waals surface area contributed by atoms with Gasteiger partial charge in [-0.15, -0.1) is 0 Å². The quantitative estimate of drug-likeness (QED) is 0.408. The molecule has 2 aromatic carbocycles. The molecule has 0 atom stereocenters. The van der Waals surface area contributed by atoms with Gasteiger partial charge < -0.3 is 14.2 Å². The van der Waals surface area contributed by atoms with E-state index in [0.29, 0.717) is 40.3 Å². The van der Waals surface area contributed by atoms with Gasteiger partial charge in [-0.2, -0.15) is 0 Å². The summed E-state index contributed by atoms with van der Waals surface area (Å²) in [6, 6.07) is 11.8. The van der Waals surface area contributed by atoms with E-state index >= 15 is 0 Å². The van der Waals surface area contributed by atoms with Crippen LogP contribution in [0.3, 0.4) is 0 Å². The Morgan fingerprint density at radius 3 is 2.39 bits per heavy atom. The van der Waals surface area contributed by atoms with E-state index in [9.17, 15) is 4.79 Å². The highest BCUT2D eigenvalue weighted by molar-refractivity contribution is 6.35. The first-order valence-electron chi connectivity index (χ1n) is 7.01. The molecular formula is C17H16Cl2O4. The second-order valence-corrected chi connectivity index (χ2v) is 5.52. The van der Waals surface area contributed by atoms with E-state index in [4.69, 9.17) is 37.4 Å².